The van der Waals surface area contributed by atoms with Crippen molar-refractivity contribution in [3.63, 3.8) is 0 Å². The van der Waals surface area contributed by atoms with Crippen molar-refractivity contribution >= 4 is 5.91 Å². The Balaban J connectivity index is 2.22. The van der Waals surface area contributed by atoms with E-state index < -0.39 is 5.91 Å². The monoisotopic (exact) mass is 288 g/mol. The van der Waals surface area contributed by atoms with Crippen LogP contribution in [0.15, 0.2) is 18.3 Å². The van der Waals surface area contributed by atoms with Gasteiger partial charge in [-0.25, -0.2) is 4.98 Å². The molecule has 0 radical (unpaired) electrons. The van der Waals surface area contributed by atoms with Gasteiger partial charge in [-0.2, -0.15) is 5.10 Å². The van der Waals surface area contributed by atoms with Crippen LogP contribution in [0.25, 0.3) is 0 Å². The Kier molecular flexibility index (Phi) is 4.26. The van der Waals surface area contributed by atoms with Crippen molar-refractivity contribution < 1.29 is 9.90 Å². The quantitative estimate of drug-likeness (QED) is 0.903. The number of aromatic hydroxyl groups is 1. The zero-order valence-corrected chi connectivity index (χ0v) is 12.7. The molecule has 2 rings (SSSR count). The van der Waals surface area contributed by atoms with Gasteiger partial charge in [0.2, 0.25) is 0 Å². The summed E-state index contributed by atoms with van der Waals surface area (Å²) in [5, 5.41) is 17.0. The fraction of sp³-hybridized carbons (Fsp3) is 0.400. The van der Waals surface area contributed by atoms with Gasteiger partial charge in [-0.15, -0.1) is 0 Å². The van der Waals surface area contributed by atoms with Crippen LogP contribution in [0, 0.1) is 13.8 Å². The van der Waals surface area contributed by atoms with Crippen molar-refractivity contribution in [1.82, 2.24) is 20.1 Å². The van der Waals surface area contributed by atoms with Gasteiger partial charge < -0.3 is 10.4 Å². The molecule has 2 heterocycles. The molecule has 0 aromatic carbocycles. The second-order valence-electron chi connectivity index (χ2n) is 4.97. The first-order chi connectivity index (χ1) is 9.95. The van der Waals surface area contributed by atoms with Gasteiger partial charge in [0.1, 0.15) is 5.75 Å². The molecule has 2 N–H and O–H groups in total. The largest absolute Gasteiger partial charge is 0.505 e. The summed E-state index contributed by atoms with van der Waals surface area (Å²) in [6.07, 6.45) is 1.48. The third kappa shape index (κ3) is 2.89. The molecule has 0 aliphatic rings. The van der Waals surface area contributed by atoms with Crippen molar-refractivity contribution in [2.24, 2.45) is 0 Å². The molecule has 6 nitrogen and oxygen atoms in total. The number of hydrogen-bond acceptors (Lipinski definition) is 4. The molecule has 0 fully saturated rings. The van der Waals surface area contributed by atoms with E-state index in [1.807, 2.05) is 32.4 Å². The standard InChI is InChI=1S/C15H20N4O2/c1-5-19-11(4)13(10(3)18-19)9(2)17-15(21)14-12(20)7-6-8-16-14/h6-9,20H,5H2,1-4H3,(H,17,21). The second-order valence-corrected chi connectivity index (χ2v) is 4.97. The normalized spacial score (nSPS) is 12.2. The van der Waals surface area contributed by atoms with Crippen LogP contribution in [0.3, 0.4) is 0 Å². The lowest BCUT2D eigenvalue weighted by Gasteiger charge is -2.15. The summed E-state index contributed by atoms with van der Waals surface area (Å²) in [6, 6.07) is 2.81. The molecule has 2 aromatic heterocycles. The number of carbonyl (C=O) groups is 1. The average Bonchev–Trinajstić information content (AvgIpc) is 2.73. The van der Waals surface area contributed by atoms with Crippen LogP contribution in [0.1, 0.15) is 47.3 Å². The molecule has 2 aromatic rings. The Labute approximate surface area is 123 Å². The van der Waals surface area contributed by atoms with Crippen LogP contribution < -0.4 is 5.32 Å². The lowest BCUT2D eigenvalue weighted by molar-refractivity contribution is 0.0931. The maximum absolute atomic E-state index is 12.2. The second kappa shape index (κ2) is 5.95. The van der Waals surface area contributed by atoms with Gasteiger partial charge in [0.15, 0.2) is 5.69 Å². The SMILES string of the molecule is CCn1nc(C)c(C(C)NC(=O)c2ncccc2O)c1C. The van der Waals surface area contributed by atoms with Crippen LogP contribution in [-0.2, 0) is 6.54 Å². The van der Waals surface area contributed by atoms with E-state index in [-0.39, 0.29) is 17.5 Å². The average molecular weight is 288 g/mol. The predicted molar refractivity (Wildman–Crippen MR) is 79.2 cm³/mol. The van der Waals surface area contributed by atoms with E-state index in [0.717, 1.165) is 23.5 Å². The summed E-state index contributed by atoms with van der Waals surface area (Å²) in [7, 11) is 0. The molecule has 1 unspecified atom stereocenters. The Morgan fingerprint density at radius 3 is 2.76 bits per heavy atom. The first-order valence-electron chi connectivity index (χ1n) is 6.94. The first-order valence-corrected chi connectivity index (χ1v) is 6.94. The molecule has 0 saturated carbocycles. The number of rotatable bonds is 4. The summed E-state index contributed by atoms with van der Waals surface area (Å²) in [6.45, 7) is 8.62. The molecule has 21 heavy (non-hydrogen) atoms. The highest BCUT2D eigenvalue weighted by Gasteiger charge is 2.21. The third-order valence-corrected chi connectivity index (χ3v) is 3.52. The highest BCUT2D eigenvalue weighted by Crippen LogP contribution is 2.22. The van der Waals surface area contributed by atoms with Crippen LogP contribution in [0.5, 0.6) is 5.75 Å². The van der Waals surface area contributed by atoms with E-state index in [4.69, 9.17) is 0 Å². The maximum Gasteiger partial charge on any atom is 0.274 e. The van der Waals surface area contributed by atoms with Crippen LogP contribution in [0.2, 0.25) is 0 Å². The molecule has 1 amide bonds. The minimum Gasteiger partial charge on any atom is -0.505 e. The van der Waals surface area contributed by atoms with Gasteiger partial charge in [-0.05, 0) is 39.8 Å². The van der Waals surface area contributed by atoms with Gasteiger partial charge in [-0.1, -0.05) is 0 Å². The fourth-order valence-corrected chi connectivity index (χ4v) is 2.55. The number of hydrogen-bond donors (Lipinski definition) is 2. The Morgan fingerprint density at radius 1 is 1.48 bits per heavy atom. The van der Waals surface area contributed by atoms with Crippen molar-refractivity contribution in [3.05, 3.63) is 41.0 Å². The first kappa shape index (κ1) is 15.0. The zero-order valence-electron chi connectivity index (χ0n) is 12.7. The molecule has 112 valence electrons. The van der Waals surface area contributed by atoms with Gasteiger partial charge >= 0.3 is 0 Å². The van der Waals surface area contributed by atoms with Crippen LogP contribution in [-0.4, -0.2) is 25.8 Å². The Bertz CT molecular complexity index is 664. The van der Waals surface area contributed by atoms with Crippen molar-refractivity contribution in [2.45, 2.75) is 40.3 Å². The number of pyridine rings is 1. The van der Waals surface area contributed by atoms with Crippen LogP contribution >= 0.6 is 0 Å². The molecule has 6 heteroatoms. The molecule has 0 spiro atoms. The van der Waals surface area contributed by atoms with E-state index in [1.54, 1.807) is 6.07 Å². The Hall–Kier alpha value is -2.37. The molecule has 0 bridgehead atoms. The number of carbonyl (C=O) groups excluding carboxylic acids is 1. The third-order valence-electron chi connectivity index (χ3n) is 3.52. The lowest BCUT2D eigenvalue weighted by atomic mass is 10.1. The molecule has 0 aliphatic carbocycles. The van der Waals surface area contributed by atoms with Crippen molar-refractivity contribution in [1.29, 1.82) is 0 Å². The van der Waals surface area contributed by atoms with E-state index in [1.165, 1.54) is 12.3 Å². The highest BCUT2D eigenvalue weighted by atomic mass is 16.3. The minimum atomic E-state index is -0.399. The smallest absolute Gasteiger partial charge is 0.274 e. The Morgan fingerprint density at radius 2 is 2.19 bits per heavy atom. The van der Waals surface area contributed by atoms with Gasteiger partial charge in [0.05, 0.1) is 11.7 Å². The summed E-state index contributed by atoms with van der Waals surface area (Å²) in [5.74, 6) is -0.524. The molecular formula is C15H20N4O2. The van der Waals surface area contributed by atoms with E-state index in [9.17, 15) is 9.90 Å². The minimum absolute atomic E-state index is 0.0301. The van der Waals surface area contributed by atoms with Crippen molar-refractivity contribution in [3.8, 4) is 5.75 Å². The fourth-order valence-electron chi connectivity index (χ4n) is 2.55. The van der Waals surface area contributed by atoms with E-state index in [2.05, 4.69) is 15.4 Å². The molecular weight excluding hydrogens is 268 g/mol. The topological polar surface area (TPSA) is 80.0 Å². The maximum atomic E-state index is 12.2. The lowest BCUT2D eigenvalue weighted by Crippen LogP contribution is -2.28. The highest BCUT2D eigenvalue weighted by molar-refractivity contribution is 5.94. The van der Waals surface area contributed by atoms with Gasteiger partial charge in [0, 0.05) is 24.0 Å². The number of aromatic nitrogens is 3. The molecule has 0 aliphatic heterocycles. The molecule has 1 atom stereocenters. The summed E-state index contributed by atoms with van der Waals surface area (Å²) >= 11 is 0. The van der Waals surface area contributed by atoms with Gasteiger partial charge in [0.25, 0.3) is 5.91 Å². The van der Waals surface area contributed by atoms with E-state index >= 15 is 0 Å². The zero-order chi connectivity index (χ0) is 15.6. The number of nitrogens with one attached hydrogen (secondary N) is 1. The summed E-state index contributed by atoms with van der Waals surface area (Å²) < 4.78 is 1.91. The number of nitrogens with zero attached hydrogens (tertiary/aromatic N) is 3. The van der Waals surface area contributed by atoms with E-state index in [0.29, 0.717) is 0 Å². The van der Waals surface area contributed by atoms with Crippen LogP contribution in [0.4, 0.5) is 0 Å². The van der Waals surface area contributed by atoms with Crippen molar-refractivity contribution in [2.75, 3.05) is 0 Å². The number of amides is 1. The van der Waals surface area contributed by atoms with Gasteiger partial charge in [-0.3, -0.25) is 9.48 Å². The molecule has 0 saturated heterocycles. The summed E-state index contributed by atoms with van der Waals surface area (Å²) in [4.78, 5) is 16.1. The summed E-state index contributed by atoms with van der Waals surface area (Å²) in [5.41, 5.74) is 2.96. The predicted octanol–water partition coefficient (Wildman–Crippen LogP) is 2.11. The number of aryl methyl sites for hydroxylation is 2.